The third-order valence-electron chi connectivity index (χ3n) is 2.33. The number of hydrogen-bond acceptors (Lipinski definition) is 4. The molecule has 0 radical (unpaired) electrons. The van der Waals surface area contributed by atoms with Gasteiger partial charge in [0.15, 0.2) is 11.5 Å². The third-order valence-corrected chi connectivity index (χ3v) is 2.33. The van der Waals surface area contributed by atoms with E-state index < -0.39 is 29.3 Å². The van der Waals surface area contributed by atoms with E-state index in [1.165, 1.54) is 0 Å². The molecule has 1 N–H and O–H groups in total. The van der Waals surface area contributed by atoms with Crippen LogP contribution in [0.2, 0.25) is 0 Å². The number of carbonyl (C=O) groups excluding carboxylic acids is 1. The molecule has 1 amide bonds. The van der Waals surface area contributed by atoms with Crippen molar-refractivity contribution in [2.75, 3.05) is 5.32 Å². The molecule has 0 aromatic carbocycles. The number of nitrogens with one attached hydrogen (secondary N) is 1. The molecule has 0 fully saturated rings. The van der Waals surface area contributed by atoms with Crippen LogP contribution in [0.3, 0.4) is 0 Å². The quantitative estimate of drug-likeness (QED) is 0.866. The number of anilines is 1. The maximum absolute atomic E-state index is 13.0. The number of carbonyl (C=O) groups is 1. The number of halogens is 4. The first-order chi connectivity index (χ1) is 9.77. The summed E-state index contributed by atoms with van der Waals surface area (Å²) in [6, 6.07) is 0.959. The maximum atomic E-state index is 13.0. The first kappa shape index (κ1) is 14.8. The molecule has 0 aliphatic carbocycles. The standard InChI is InChI=1S/C12H8F4N4O/c1-6(21)19-9-5-18-11(20-10(9)12(14,15)16)7-2-8(13)4-17-3-7/h2-5H,1H3,(H,19,21). The highest BCUT2D eigenvalue weighted by Gasteiger charge is 2.36. The Balaban J connectivity index is 2.54. The minimum absolute atomic E-state index is 0.00475. The molecule has 9 heteroatoms. The van der Waals surface area contributed by atoms with Gasteiger partial charge in [0.1, 0.15) is 5.82 Å². The summed E-state index contributed by atoms with van der Waals surface area (Å²) >= 11 is 0. The number of pyridine rings is 1. The van der Waals surface area contributed by atoms with Crippen molar-refractivity contribution < 1.29 is 22.4 Å². The van der Waals surface area contributed by atoms with Crippen LogP contribution >= 0.6 is 0 Å². The van der Waals surface area contributed by atoms with Gasteiger partial charge in [-0.25, -0.2) is 14.4 Å². The molecule has 0 unspecified atom stereocenters. The minimum Gasteiger partial charge on any atom is -0.323 e. The summed E-state index contributed by atoms with van der Waals surface area (Å²) in [5.41, 5.74) is -1.88. The lowest BCUT2D eigenvalue weighted by Gasteiger charge is -2.12. The van der Waals surface area contributed by atoms with Crippen molar-refractivity contribution in [3.05, 3.63) is 36.2 Å². The Morgan fingerprint density at radius 3 is 2.52 bits per heavy atom. The Morgan fingerprint density at radius 1 is 1.24 bits per heavy atom. The van der Waals surface area contributed by atoms with Gasteiger partial charge in [-0.1, -0.05) is 0 Å². The SMILES string of the molecule is CC(=O)Nc1cnc(-c2cncc(F)c2)nc1C(F)(F)F. The fraction of sp³-hybridized carbons (Fsp3) is 0.167. The zero-order valence-corrected chi connectivity index (χ0v) is 10.6. The van der Waals surface area contributed by atoms with Gasteiger partial charge in [0, 0.05) is 18.7 Å². The van der Waals surface area contributed by atoms with E-state index in [1.807, 2.05) is 5.32 Å². The van der Waals surface area contributed by atoms with E-state index in [-0.39, 0.29) is 11.4 Å². The van der Waals surface area contributed by atoms with Gasteiger partial charge in [0.2, 0.25) is 5.91 Å². The van der Waals surface area contributed by atoms with Crippen molar-refractivity contribution in [2.24, 2.45) is 0 Å². The van der Waals surface area contributed by atoms with Crippen molar-refractivity contribution in [1.82, 2.24) is 15.0 Å². The zero-order valence-electron chi connectivity index (χ0n) is 10.6. The van der Waals surface area contributed by atoms with E-state index in [0.29, 0.717) is 0 Å². The van der Waals surface area contributed by atoms with Crippen LogP contribution in [0.5, 0.6) is 0 Å². The predicted molar refractivity (Wildman–Crippen MR) is 64.5 cm³/mol. The fourth-order valence-electron chi connectivity index (χ4n) is 1.55. The van der Waals surface area contributed by atoms with Gasteiger partial charge in [0.05, 0.1) is 18.1 Å². The smallest absolute Gasteiger partial charge is 0.323 e. The van der Waals surface area contributed by atoms with Gasteiger partial charge in [-0.05, 0) is 6.07 Å². The van der Waals surface area contributed by atoms with E-state index in [1.54, 1.807) is 0 Å². The predicted octanol–water partition coefficient (Wildman–Crippen LogP) is 2.65. The van der Waals surface area contributed by atoms with Gasteiger partial charge in [0.25, 0.3) is 0 Å². The van der Waals surface area contributed by atoms with Crippen LogP contribution in [0.1, 0.15) is 12.6 Å². The number of hydrogen-bond donors (Lipinski definition) is 1. The van der Waals surface area contributed by atoms with Crippen LogP contribution in [-0.2, 0) is 11.0 Å². The molecule has 2 aromatic rings. The minimum atomic E-state index is -4.80. The van der Waals surface area contributed by atoms with E-state index in [2.05, 4.69) is 15.0 Å². The van der Waals surface area contributed by atoms with E-state index in [4.69, 9.17) is 0 Å². The van der Waals surface area contributed by atoms with Gasteiger partial charge in [-0.3, -0.25) is 9.78 Å². The van der Waals surface area contributed by atoms with Gasteiger partial charge >= 0.3 is 6.18 Å². The molecule has 110 valence electrons. The number of nitrogens with zero attached hydrogens (tertiary/aromatic N) is 3. The van der Waals surface area contributed by atoms with Crippen LogP contribution in [0.15, 0.2) is 24.7 Å². The Labute approximate surface area is 116 Å². The monoisotopic (exact) mass is 300 g/mol. The Morgan fingerprint density at radius 2 is 1.95 bits per heavy atom. The highest BCUT2D eigenvalue weighted by atomic mass is 19.4. The maximum Gasteiger partial charge on any atom is 0.435 e. The summed E-state index contributed by atoms with van der Waals surface area (Å²) in [5.74, 6) is -1.76. The molecule has 0 atom stereocenters. The molecular weight excluding hydrogens is 292 g/mol. The van der Waals surface area contributed by atoms with Crippen LogP contribution in [0.4, 0.5) is 23.2 Å². The fourth-order valence-corrected chi connectivity index (χ4v) is 1.55. The van der Waals surface area contributed by atoms with Crippen molar-refractivity contribution in [3.8, 4) is 11.4 Å². The normalized spacial score (nSPS) is 11.3. The molecule has 0 aliphatic rings. The molecule has 21 heavy (non-hydrogen) atoms. The van der Waals surface area contributed by atoms with Crippen LogP contribution < -0.4 is 5.32 Å². The lowest BCUT2D eigenvalue weighted by Crippen LogP contribution is -2.17. The largest absolute Gasteiger partial charge is 0.435 e. The molecule has 2 heterocycles. The highest BCUT2D eigenvalue weighted by molar-refractivity contribution is 5.89. The molecular formula is C12H8F4N4O. The third kappa shape index (κ3) is 3.50. The molecule has 2 rings (SSSR count). The van der Waals surface area contributed by atoms with Crippen molar-refractivity contribution in [2.45, 2.75) is 13.1 Å². The highest BCUT2D eigenvalue weighted by Crippen LogP contribution is 2.34. The first-order valence-electron chi connectivity index (χ1n) is 5.60. The van der Waals surface area contributed by atoms with Crippen LogP contribution in [0, 0.1) is 5.82 Å². The lowest BCUT2D eigenvalue weighted by molar-refractivity contribution is -0.140. The number of alkyl halides is 3. The molecule has 2 aromatic heterocycles. The molecule has 0 bridgehead atoms. The summed E-state index contributed by atoms with van der Waals surface area (Å²) in [4.78, 5) is 21.5. The van der Waals surface area contributed by atoms with Gasteiger partial charge < -0.3 is 5.32 Å². The Hall–Kier alpha value is -2.58. The van der Waals surface area contributed by atoms with Gasteiger partial charge in [-0.15, -0.1) is 0 Å². The van der Waals surface area contributed by atoms with Gasteiger partial charge in [-0.2, -0.15) is 13.2 Å². The second-order valence-corrected chi connectivity index (χ2v) is 4.03. The topological polar surface area (TPSA) is 67.8 Å². The summed E-state index contributed by atoms with van der Waals surface area (Å²) in [6.07, 6.45) is -1.94. The summed E-state index contributed by atoms with van der Waals surface area (Å²) in [5, 5.41) is 2.00. The van der Waals surface area contributed by atoms with Crippen LogP contribution in [-0.4, -0.2) is 20.9 Å². The summed E-state index contributed by atoms with van der Waals surface area (Å²) < 4.78 is 51.9. The Kier molecular flexibility index (Phi) is 3.83. The van der Waals surface area contributed by atoms with Crippen molar-refractivity contribution in [3.63, 3.8) is 0 Å². The molecule has 0 spiro atoms. The zero-order chi connectivity index (χ0) is 15.6. The molecule has 0 saturated carbocycles. The second kappa shape index (κ2) is 5.43. The number of aromatic nitrogens is 3. The van der Waals surface area contributed by atoms with Crippen molar-refractivity contribution in [1.29, 1.82) is 0 Å². The average Bonchev–Trinajstić information content (AvgIpc) is 2.37. The van der Waals surface area contributed by atoms with E-state index in [9.17, 15) is 22.4 Å². The summed E-state index contributed by atoms with van der Waals surface area (Å²) in [6.45, 7) is 1.06. The van der Waals surface area contributed by atoms with Crippen LogP contribution in [0.25, 0.3) is 11.4 Å². The molecule has 0 saturated heterocycles. The lowest BCUT2D eigenvalue weighted by atomic mass is 10.2. The molecule has 5 nitrogen and oxygen atoms in total. The molecule has 0 aliphatic heterocycles. The number of rotatable bonds is 2. The average molecular weight is 300 g/mol. The van der Waals surface area contributed by atoms with E-state index in [0.717, 1.165) is 31.6 Å². The van der Waals surface area contributed by atoms with Crippen molar-refractivity contribution >= 4 is 11.6 Å². The van der Waals surface area contributed by atoms with E-state index >= 15 is 0 Å². The second-order valence-electron chi connectivity index (χ2n) is 4.03. The Bertz CT molecular complexity index is 687. The number of amides is 1. The first-order valence-corrected chi connectivity index (χ1v) is 5.60. The summed E-state index contributed by atoms with van der Waals surface area (Å²) in [7, 11) is 0.